The lowest BCUT2D eigenvalue weighted by Crippen LogP contribution is -1.93. The molecule has 0 fully saturated rings. The van der Waals surface area contributed by atoms with Gasteiger partial charge < -0.3 is 5.11 Å². The molecule has 0 bridgehead atoms. The zero-order chi connectivity index (χ0) is 13.2. The van der Waals surface area contributed by atoms with Gasteiger partial charge in [-0.15, -0.1) is 0 Å². The van der Waals surface area contributed by atoms with Crippen LogP contribution in [0, 0.1) is 0 Å². The summed E-state index contributed by atoms with van der Waals surface area (Å²) in [6, 6.07) is 8.75. The largest absolute Gasteiger partial charge is 0.396 e. The van der Waals surface area contributed by atoms with E-state index in [0.717, 1.165) is 25.7 Å². The Balaban J connectivity index is 2.00. The quantitative estimate of drug-likeness (QED) is 0.857. The zero-order valence-corrected chi connectivity index (χ0v) is 11.4. The lowest BCUT2D eigenvalue weighted by molar-refractivity contribution is 0.289. The van der Waals surface area contributed by atoms with Gasteiger partial charge in [-0.3, -0.25) is 0 Å². The molecule has 0 aromatic heterocycles. The number of fused-ring (bicyclic) bond motifs is 1. The summed E-state index contributed by atoms with van der Waals surface area (Å²) >= 11 is 0. The number of aliphatic hydroxyl groups excluding tert-OH is 1. The van der Waals surface area contributed by atoms with Gasteiger partial charge in [0.15, 0.2) is 0 Å². The van der Waals surface area contributed by atoms with Crippen molar-refractivity contribution in [3.63, 3.8) is 0 Å². The Morgan fingerprint density at radius 2 is 2.05 bits per heavy atom. The second-order valence-electron chi connectivity index (χ2n) is 5.43. The molecule has 98 valence electrons. The van der Waals surface area contributed by atoms with E-state index in [1.54, 1.807) is 0 Å². The molecule has 0 heterocycles. The van der Waals surface area contributed by atoms with Crippen molar-refractivity contribution in [1.82, 2.24) is 0 Å². The maximum atomic E-state index is 9.03. The van der Waals surface area contributed by atoms with Crippen LogP contribution in [-0.2, 0) is 6.42 Å². The van der Waals surface area contributed by atoms with E-state index < -0.39 is 0 Å². The van der Waals surface area contributed by atoms with Crippen molar-refractivity contribution in [3.8, 4) is 0 Å². The van der Waals surface area contributed by atoms with Crippen molar-refractivity contribution in [2.45, 2.75) is 32.6 Å². The molecular weight excluding hydrogens is 232 g/mol. The average molecular weight is 252 g/mol. The number of allylic oxidation sites excluding steroid dienone is 6. The topological polar surface area (TPSA) is 20.2 Å². The van der Waals surface area contributed by atoms with Gasteiger partial charge in [0, 0.05) is 6.61 Å². The molecule has 0 saturated heterocycles. The fourth-order valence-electron chi connectivity index (χ4n) is 3.26. The molecule has 0 aliphatic heterocycles. The Kier molecular flexibility index (Phi) is 3.39. The van der Waals surface area contributed by atoms with Gasteiger partial charge in [0.2, 0.25) is 0 Å². The highest BCUT2D eigenvalue weighted by Gasteiger charge is 2.23. The molecule has 1 heteroatoms. The minimum Gasteiger partial charge on any atom is -0.396 e. The molecule has 1 aromatic carbocycles. The van der Waals surface area contributed by atoms with Gasteiger partial charge in [-0.05, 0) is 60.5 Å². The van der Waals surface area contributed by atoms with Crippen LogP contribution in [0.5, 0.6) is 0 Å². The molecule has 19 heavy (non-hydrogen) atoms. The van der Waals surface area contributed by atoms with Crippen LogP contribution < -0.4 is 0 Å². The summed E-state index contributed by atoms with van der Waals surface area (Å²) in [4.78, 5) is 0. The Hall–Kier alpha value is -1.60. The van der Waals surface area contributed by atoms with Gasteiger partial charge in [-0.25, -0.2) is 0 Å². The van der Waals surface area contributed by atoms with Crippen molar-refractivity contribution in [2.24, 2.45) is 0 Å². The summed E-state index contributed by atoms with van der Waals surface area (Å²) in [7, 11) is 0. The highest BCUT2D eigenvalue weighted by Crippen LogP contribution is 2.42. The first-order chi connectivity index (χ1) is 9.31. The van der Waals surface area contributed by atoms with E-state index in [-0.39, 0.29) is 6.61 Å². The Morgan fingerprint density at radius 1 is 1.21 bits per heavy atom. The number of rotatable bonds is 4. The second kappa shape index (κ2) is 5.18. The molecular formula is C18H20O. The van der Waals surface area contributed by atoms with Gasteiger partial charge in [0.1, 0.15) is 0 Å². The summed E-state index contributed by atoms with van der Waals surface area (Å²) < 4.78 is 0. The van der Waals surface area contributed by atoms with Crippen molar-refractivity contribution in [2.75, 3.05) is 6.61 Å². The summed E-state index contributed by atoms with van der Waals surface area (Å²) in [6.45, 7) is 2.53. The van der Waals surface area contributed by atoms with E-state index >= 15 is 0 Å². The first-order valence-corrected chi connectivity index (χ1v) is 7.09. The van der Waals surface area contributed by atoms with Gasteiger partial charge in [-0.1, -0.05) is 42.0 Å². The maximum absolute atomic E-state index is 9.03. The van der Waals surface area contributed by atoms with E-state index in [0.29, 0.717) is 0 Å². The lowest BCUT2D eigenvalue weighted by atomic mass is 9.93. The van der Waals surface area contributed by atoms with E-state index in [9.17, 15) is 0 Å². The summed E-state index contributed by atoms with van der Waals surface area (Å²) in [5.41, 5.74) is 8.72. The Morgan fingerprint density at radius 3 is 2.89 bits per heavy atom. The predicted octanol–water partition coefficient (Wildman–Crippen LogP) is 4.05. The molecule has 1 N–H and O–H groups in total. The fourth-order valence-corrected chi connectivity index (χ4v) is 3.26. The van der Waals surface area contributed by atoms with Crippen LogP contribution in [0.2, 0.25) is 0 Å². The van der Waals surface area contributed by atoms with Crippen LogP contribution in [0.15, 0.2) is 53.1 Å². The molecule has 0 atom stereocenters. The predicted molar refractivity (Wildman–Crippen MR) is 79.8 cm³/mol. The number of aliphatic hydroxyl groups is 1. The minimum absolute atomic E-state index is 0.277. The normalized spacial score (nSPS) is 17.6. The van der Waals surface area contributed by atoms with Gasteiger partial charge in [0.05, 0.1) is 0 Å². The third kappa shape index (κ3) is 2.19. The van der Waals surface area contributed by atoms with Gasteiger partial charge in [0.25, 0.3) is 0 Å². The Bertz CT molecular complexity index is 587. The minimum atomic E-state index is 0.277. The van der Waals surface area contributed by atoms with Crippen LogP contribution in [0.1, 0.15) is 37.3 Å². The highest BCUT2D eigenvalue weighted by molar-refractivity contribution is 5.88. The van der Waals surface area contributed by atoms with E-state index in [1.165, 1.54) is 33.4 Å². The smallest absolute Gasteiger partial charge is 0.0434 e. The van der Waals surface area contributed by atoms with Crippen molar-refractivity contribution in [1.29, 1.82) is 0 Å². The molecule has 1 nitrogen and oxygen atoms in total. The summed E-state index contributed by atoms with van der Waals surface area (Å²) in [5, 5.41) is 9.03. The molecule has 0 saturated carbocycles. The lowest BCUT2D eigenvalue weighted by Gasteiger charge is -2.12. The summed E-state index contributed by atoms with van der Waals surface area (Å²) in [6.07, 6.45) is 8.47. The van der Waals surface area contributed by atoms with E-state index in [2.05, 4.69) is 43.3 Å². The first kappa shape index (κ1) is 12.4. The number of hydrogen-bond donors (Lipinski definition) is 1. The van der Waals surface area contributed by atoms with Crippen molar-refractivity contribution < 1.29 is 5.11 Å². The Labute approximate surface area is 115 Å². The monoisotopic (exact) mass is 252 g/mol. The third-order valence-corrected chi connectivity index (χ3v) is 4.10. The zero-order valence-electron chi connectivity index (χ0n) is 11.4. The number of hydrogen-bond acceptors (Lipinski definition) is 1. The van der Waals surface area contributed by atoms with Gasteiger partial charge >= 0.3 is 0 Å². The van der Waals surface area contributed by atoms with Crippen LogP contribution >= 0.6 is 0 Å². The molecule has 3 rings (SSSR count). The van der Waals surface area contributed by atoms with Crippen LogP contribution in [0.4, 0.5) is 0 Å². The third-order valence-electron chi connectivity index (χ3n) is 4.10. The molecule has 0 unspecified atom stereocenters. The summed E-state index contributed by atoms with van der Waals surface area (Å²) in [5.74, 6) is 0. The second-order valence-corrected chi connectivity index (χ2v) is 5.43. The maximum Gasteiger partial charge on any atom is 0.0434 e. The highest BCUT2D eigenvalue weighted by atomic mass is 16.2. The van der Waals surface area contributed by atoms with Crippen LogP contribution in [0.25, 0.3) is 5.57 Å². The molecule has 0 radical (unpaired) electrons. The molecule has 0 amide bonds. The van der Waals surface area contributed by atoms with Crippen molar-refractivity contribution in [3.05, 3.63) is 64.3 Å². The van der Waals surface area contributed by atoms with Crippen LogP contribution in [0.3, 0.4) is 0 Å². The molecule has 2 aliphatic carbocycles. The van der Waals surface area contributed by atoms with E-state index in [4.69, 9.17) is 5.11 Å². The average Bonchev–Trinajstić information content (AvgIpc) is 2.98. The first-order valence-electron chi connectivity index (χ1n) is 7.09. The molecule has 1 aromatic rings. The standard InChI is InChI=1S/C18H20O/c1-13-12-15-6-2-3-9-17(15)18(13)16-10-4-7-14(16)8-5-11-19/h2-4,6-7,9,19H,5,8,10-12H2,1H3. The SMILES string of the molecule is CC1=C(C2=C(CCCO)C=CC2)c2ccccc2C1. The van der Waals surface area contributed by atoms with Gasteiger partial charge in [-0.2, -0.15) is 0 Å². The molecule has 0 spiro atoms. The number of benzene rings is 1. The van der Waals surface area contributed by atoms with E-state index in [1.807, 2.05) is 0 Å². The molecule has 2 aliphatic rings. The fraction of sp³-hybridized carbons (Fsp3) is 0.333. The van der Waals surface area contributed by atoms with Crippen molar-refractivity contribution >= 4 is 5.57 Å². The van der Waals surface area contributed by atoms with Crippen LogP contribution in [-0.4, -0.2) is 11.7 Å².